The number of hydrogen-bond acceptors (Lipinski definition) is 3. The number of fused-ring (bicyclic) bond motifs is 1. The Morgan fingerprint density at radius 3 is 1.85 bits per heavy atom. The second kappa shape index (κ2) is 15.3. The summed E-state index contributed by atoms with van der Waals surface area (Å²) < 4.78 is 44.3. The Morgan fingerprint density at radius 2 is 1.17 bits per heavy atom. The fourth-order valence-electron chi connectivity index (χ4n) is 8.02. The Bertz CT molecular complexity index is 3260. The summed E-state index contributed by atoms with van der Waals surface area (Å²) in [6.45, 7) is 13.2. The van der Waals surface area contributed by atoms with Crippen LogP contribution in [0, 0.1) is 0 Å². The summed E-state index contributed by atoms with van der Waals surface area (Å²) in [7, 11) is 0. The number of aromatic nitrogens is 3. The number of nitrogens with zero attached hydrogens (tertiary/aromatic N) is 3. The van der Waals surface area contributed by atoms with Crippen molar-refractivity contribution in [3.63, 3.8) is 0 Å². The first-order chi connectivity index (χ1) is 31.0. The molecule has 4 heteroatoms. The molecule has 0 saturated heterocycles. The smallest absolute Gasteiger partial charge is 0.149 e. The molecule has 0 aliphatic carbocycles. The molecule has 9 aromatic rings. The van der Waals surface area contributed by atoms with Gasteiger partial charge in [0.2, 0.25) is 0 Å². The van der Waals surface area contributed by atoms with Crippen molar-refractivity contribution in [2.75, 3.05) is 0 Å². The molecule has 2 aromatic heterocycles. The highest BCUT2D eigenvalue weighted by Crippen LogP contribution is 2.45. The van der Waals surface area contributed by atoms with Crippen molar-refractivity contribution in [2.24, 2.45) is 0 Å². The van der Waals surface area contributed by atoms with Gasteiger partial charge < -0.3 is 5.11 Å². The van der Waals surface area contributed by atoms with E-state index in [0.29, 0.717) is 22.6 Å². The van der Waals surface area contributed by atoms with Gasteiger partial charge in [-0.2, -0.15) is 0 Å². The van der Waals surface area contributed by atoms with Gasteiger partial charge in [-0.3, -0.25) is 9.55 Å². The molecule has 0 amide bonds. The fourth-order valence-corrected chi connectivity index (χ4v) is 8.02. The number of phenols is 1. The van der Waals surface area contributed by atoms with Crippen molar-refractivity contribution in [1.29, 1.82) is 0 Å². The van der Waals surface area contributed by atoms with E-state index in [2.05, 4.69) is 143 Å². The van der Waals surface area contributed by atoms with Crippen LogP contribution in [-0.4, -0.2) is 19.6 Å². The Balaban J connectivity index is 1.33. The minimum Gasteiger partial charge on any atom is -0.507 e. The SMILES string of the molecule is [2H]c1c([2H])c([2H])c(-c2ccnc(-c3cc(-c4cccc5c4nc(-c4ccccc4O)n5-c4cc(-c5ccccc5)c(C(C)(C)C)cc4-c4ccccc4)cc(C(C)(C)C)c3)c2)c([2H])c1[2H]. The van der Waals surface area contributed by atoms with E-state index in [0.717, 1.165) is 61.2 Å². The number of para-hydroxylation sites is 2. The second-order valence-corrected chi connectivity index (χ2v) is 17.3. The van der Waals surface area contributed by atoms with Gasteiger partial charge >= 0.3 is 0 Å². The van der Waals surface area contributed by atoms with Gasteiger partial charge in [0, 0.05) is 22.9 Å². The van der Waals surface area contributed by atoms with E-state index in [-0.39, 0.29) is 46.3 Å². The van der Waals surface area contributed by atoms with Crippen LogP contribution in [0.5, 0.6) is 5.75 Å². The standard InChI is InChI=1S/C56H49N3O/c1-55(2,3)43-32-41(31-42(33-43)49-34-40(29-30-57-49)37-19-10-7-11-20-37)44-26-18-27-50-53(44)58-54(45-25-16-17-28-52(45)60)59(50)51-36-46(38-21-12-8-13-22-38)48(56(4,5)6)35-47(51)39-23-14-9-15-24-39/h7-36,60H,1-6H3/i7D,10D,11D,19D,20D. The van der Waals surface area contributed by atoms with Crippen LogP contribution in [0.15, 0.2) is 182 Å². The largest absolute Gasteiger partial charge is 0.507 e. The van der Waals surface area contributed by atoms with Crippen LogP contribution >= 0.6 is 0 Å². The third kappa shape index (κ3) is 7.30. The molecule has 0 aliphatic heterocycles. The van der Waals surface area contributed by atoms with Gasteiger partial charge in [-0.1, -0.05) is 163 Å². The summed E-state index contributed by atoms with van der Waals surface area (Å²) in [5, 5.41) is 11.6. The van der Waals surface area contributed by atoms with Crippen molar-refractivity contribution in [2.45, 2.75) is 52.4 Å². The zero-order valence-corrected chi connectivity index (χ0v) is 34.7. The Hall–Kier alpha value is -7.04. The number of aromatic hydroxyl groups is 1. The van der Waals surface area contributed by atoms with Crippen molar-refractivity contribution in [1.82, 2.24) is 14.5 Å². The monoisotopic (exact) mass is 784 g/mol. The second-order valence-electron chi connectivity index (χ2n) is 17.3. The molecule has 1 N–H and O–H groups in total. The topological polar surface area (TPSA) is 50.9 Å². The van der Waals surface area contributed by atoms with Gasteiger partial charge in [-0.15, -0.1) is 0 Å². The van der Waals surface area contributed by atoms with Crippen LogP contribution in [0.4, 0.5) is 0 Å². The lowest BCUT2D eigenvalue weighted by molar-refractivity contribution is 0.477. The van der Waals surface area contributed by atoms with Gasteiger partial charge in [0.25, 0.3) is 0 Å². The first kappa shape index (κ1) is 32.9. The predicted molar refractivity (Wildman–Crippen MR) is 251 cm³/mol. The van der Waals surface area contributed by atoms with Gasteiger partial charge in [0.1, 0.15) is 11.6 Å². The number of phenolic OH excluding ortho intramolecular Hbond substituents is 1. The number of hydrogen-bond donors (Lipinski definition) is 1. The quantitative estimate of drug-likeness (QED) is 0.175. The molecule has 0 aliphatic rings. The van der Waals surface area contributed by atoms with Crippen LogP contribution in [0.3, 0.4) is 0 Å². The molecular formula is C56H49N3O. The average Bonchev–Trinajstić information content (AvgIpc) is 3.69. The van der Waals surface area contributed by atoms with Gasteiger partial charge in [-0.05, 0) is 110 Å². The average molecular weight is 785 g/mol. The van der Waals surface area contributed by atoms with Crippen molar-refractivity contribution >= 4 is 11.0 Å². The highest BCUT2D eigenvalue weighted by atomic mass is 16.3. The van der Waals surface area contributed by atoms with Crippen LogP contribution in [0.25, 0.3) is 83.9 Å². The highest BCUT2D eigenvalue weighted by molar-refractivity contribution is 5.98. The zero-order valence-electron chi connectivity index (χ0n) is 39.7. The summed E-state index contributed by atoms with van der Waals surface area (Å²) in [6.07, 6.45) is 1.62. The molecule has 9 rings (SSSR count). The maximum Gasteiger partial charge on any atom is 0.149 e. The summed E-state index contributed by atoms with van der Waals surface area (Å²) in [5.74, 6) is 0.703. The van der Waals surface area contributed by atoms with Crippen LogP contribution < -0.4 is 0 Å². The molecule has 0 atom stereocenters. The molecule has 0 spiro atoms. The van der Waals surface area contributed by atoms with Crippen LogP contribution in [-0.2, 0) is 10.8 Å². The minimum absolute atomic E-state index is 0.114. The summed E-state index contributed by atoms with van der Waals surface area (Å²) in [5.41, 5.74) is 12.9. The van der Waals surface area contributed by atoms with E-state index < -0.39 is 6.04 Å². The van der Waals surface area contributed by atoms with Gasteiger partial charge in [-0.25, -0.2) is 4.98 Å². The van der Waals surface area contributed by atoms with E-state index in [1.54, 1.807) is 24.4 Å². The molecule has 0 radical (unpaired) electrons. The Morgan fingerprint density at radius 1 is 0.517 bits per heavy atom. The molecule has 7 aromatic carbocycles. The van der Waals surface area contributed by atoms with Crippen molar-refractivity contribution < 1.29 is 12.0 Å². The molecule has 0 fully saturated rings. The van der Waals surface area contributed by atoms with E-state index in [9.17, 15) is 5.11 Å². The molecule has 294 valence electrons. The predicted octanol–water partition coefficient (Wildman–Crippen LogP) is 14.7. The first-order valence-electron chi connectivity index (χ1n) is 22.8. The minimum atomic E-state index is -0.433. The molecule has 60 heavy (non-hydrogen) atoms. The zero-order chi connectivity index (χ0) is 45.9. The molecule has 0 bridgehead atoms. The molecular weight excluding hydrogens is 731 g/mol. The summed E-state index contributed by atoms with van der Waals surface area (Å²) in [6, 6.07) is 47.2. The normalized spacial score (nSPS) is 13.1. The molecule has 4 nitrogen and oxygen atoms in total. The van der Waals surface area contributed by atoms with Crippen LogP contribution in [0.1, 0.15) is 59.5 Å². The fraction of sp³-hybridized carbons (Fsp3) is 0.143. The molecule has 0 unspecified atom stereocenters. The van der Waals surface area contributed by atoms with E-state index >= 15 is 0 Å². The maximum atomic E-state index is 11.6. The number of pyridine rings is 1. The van der Waals surface area contributed by atoms with E-state index in [4.69, 9.17) is 16.8 Å². The number of imidazole rings is 1. The lowest BCUT2D eigenvalue weighted by Gasteiger charge is -2.27. The Kier molecular flexibility index (Phi) is 8.37. The Labute approximate surface area is 360 Å². The van der Waals surface area contributed by atoms with Crippen molar-refractivity contribution in [3.05, 3.63) is 193 Å². The summed E-state index contributed by atoms with van der Waals surface area (Å²) in [4.78, 5) is 10.3. The molecule has 0 saturated carbocycles. The first-order valence-corrected chi connectivity index (χ1v) is 20.3. The van der Waals surface area contributed by atoms with Crippen molar-refractivity contribution in [3.8, 4) is 78.6 Å². The third-order valence-corrected chi connectivity index (χ3v) is 11.1. The maximum absolute atomic E-state index is 11.6. The van der Waals surface area contributed by atoms with Gasteiger partial charge in [0.05, 0.1) is 34.8 Å². The number of benzene rings is 7. The number of rotatable bonds is 7. The van der Waals surface area contributed by atoms with Gasteiger partial charge in [0.15, 0.2) is 0 Å². The lowest BCUT2D eigenvalue weighted by atomic mass is 9.79. The van der Waals surface area contributed by atoms with Crippen LogP contribution in [0.2, 0.25) is 0 Å². The third-order valence-electron chi connectivity index (χ3n) is 11.1. The van der Waals surface area contributed by atoms with E-state index in [1.807, 2.05) is 30.3 Å². The summed E-state index contributed by atoms with van der Waals surface area (Å²) >= 11 is 0. The van der Waals surface area contributed by atoms with E-state index in [1.165, 1.54) is 5.56 Å². The lowest BCUT2D eigenvalue weighted by Crippen LogP contribution is -2.14. The highest BCUT2D eigenvalue weighted by Gasteiger charge is 2.27. The molecule has 2 heterocycles.